The second kappa shape index (κ2) is 39.0. The Balaban J connectivity index is 0.000000173. The van der Waals surface area contributed by atoms with Crippen LogP contribution in [0, 0.1) is 34.5 Å². The molecular weight excluding hydrogens is 1510 g/mol. The number of amides is 6. The smallest absolute Gasteiger partial charge is 0.343 e. The van der Waals surface area contributed by atoms with Gasteiger partial charge in [-0.2, -0.15) is 26.3 Å². The molecule has 7 aromatic rings. The summed E-state index contributed by atoms with van der Waals surface area (Å²) in [5, 5.41) is 3.23. The number of piperidine rings is 3. The lowest BCUT2D eigenvalue weighted by Gasteiger charge is -2.50. The largest absolute Gasteiger partial charge is 0.417 e. The van der Waals surface area contributed by atoms with Crippen LogP contribution < -0.4 is 0 Å². The lowest BCUT2D eigenvalue weighted by atomic mass is 9.82. The predicted octanol–water partition coefficient (Wildman–Crippen LogP) is 17.8. The van der Waals surface area contributed by atoms with Gasteiger partial charge in [-0.05, 0) is 148 Å². The maximum Gasteiger partial charge on any atom is 0.417 e. The second-order valence-corrected chi connectivity index (χ2v) is 36.0. The first kappa shape index (κ1) is 89.1. The fourth-order valence-electron chi connectivity index (χ4n) is 18.3. The molecule has 117 heavy (non-hydrogen) atoms. The van der Waals surface area contributed by atoms with Gasteiger partial charge in [0, 0.05) is 168 Å². The van der Waals surface area contributed by atoms with Gasteiger partial charge in [0.05, 0.1) is 34.9 Å². The molecule has 16 nitrogen and oxygen atoms in total. The molecule has 0 radical (unpaired) electrons. The summed E-state index contributed by atoms with van der Waals surface area (Å²) in [6.07, 6.45) is -1.65. The summed E-state index contributed by atoms with van der Waals surface area (Å²) in [5.74, 6) is 2.10. The Bertz CT molecular complexity index is 4340. The number of rotatable bonds is 16. The van der Waals surface area contributed by atoms with Crippen LogP contribution in [0.4, 0.5) is 26.3 Å². The molecule has 6 saturated heterocycles. The summed E-state index contributed by atoms with van der Waals surface area (Å²) in [6, 6.07) is 51.2. The molecule has 0 N–H and O–H groups in total. The number of likely N-dealkylation sites (tertiary alicyclic amines) is 3. The van der Waals surface area contributed by atoms with Crippen LogP contribution in [0.3, 0.4) is 0 Å². The van der Waals surface area contributed by atoms with Gasteiger partial charge >= 0.3 is 12.4 Å². The fourth-order valence-corrected chi connectivity index (χ4v) is 18.4. The monoisotopic (exact) mass is 1630 g/mol. The third-order valence-corrected chi connectivity index (χ3v) is 25.4. The number of halogens is 7. The summed E-state index contributed by atoms with van der Waals surface area (Å²) in [5.41, 5.74) is 3.70. The highest BCUT2D eigenvalue weighted by molar-refractivity contribution is 6.30. The van der Waals surface area contributed by atoms with Crippen LogP contribution in [0.1, 0.15) is 197 Å². The van der Waals surface area contributed by atoms with E-state index in [1.807, 2.05) is 52.5 Å². The van der Waals surface area contributed by atoms with Crippen LogP contribution >= 0.6 is 11.6 Å². The Morgan fingerprint density at radius 2 is 0.769 bits per heavy atom. The van der Waals surface area contributed by atoms with Crippen molar-refractivity contribution in [1.29, 1.82) is 0 Å². The third kappa shape index (κ3) is 23.0. The molecule has 6 aliphatic heterocycles. The predicted molar refractivity (Wildman–Crippen MR) is 448 cm³/mol. The van der Waals surface area contributed by atoms with E-state index in [9.17, 15) is 55.1 Å². The Kier molecular flexibility index (Phi) is 29.7. The quantitative estimate of drug-likeness (QED) is 0.0857. The van der Waals surface area contributed by atoms with Crippen molar-refractivity contribution in [2.75, 3.05) is 98.2 Å². The van der Waals surface area contributed by atoms with Gasteiger partial charge in [-0.1, -0.05) is 194 Å². The number of piperazine rings is 3. The molecule has 630 valence electrons. The van der Waals surface area contributed by atoms with Crippen molar-refractivity contribution in [3.8, 4) is 0 Å². The van der Waals surface area contributed by atoms with E-state index in [2.05, 4.69) is 174 Å². The number of pyridine rings is 1. The van der Waals surface area contributed by atoms with Gasteiger partial charge in [0.25, 0.3) is 0 Å². The minimum atomic E-state index is -4.58. The molecule has 6 aromatic carbocycles. The van der Waals surface area contributed by atoms with E-state index in [-0.39, 0.29) is 88.1 Å². The Morgan fingerprint density at radius 1 is 0.402 bits per heavy atom. The molecule has 1 aromatic heterocycles. The highest BCUT2D eigenvalue weighted by atomic mass is 35.5. The standard InChI is InChI=1S/C33H40ClN3O2.C31H38F6N4O2.C30H41N3O2/c1-23(2)31-22-36(19-20-37(31)32(39)21-25-15-17-35(18-16-25)24(3)38)33(27-11-13-28(34)14-12-27)30-10-6-8-26-7-4-5-9-29(26)30;1-20(42)39-13-11-21(12-14-39)17-27(43)41-16-15-40(19-26(41)29(2,3)4)28(22-5-7-23(8-6-22)30(32,33)34)25-10-9-24(18-38-25)31(35,36)37;1-23(34)31-17-15-24(16-18-31)21-28(35)33-20-19-32(22-27(33)30(2,3)4)29(25-11-7-5-8-12-25)26-13-9-6-10-14-26/h4-14,23,25,31,33H,15-22H2,1-3H3;5-10,18,21,26,28H,11-17,19H2,1-4H3;5-14,24,27,29H,15-22H2,1-4H3/t31-,33?;26-,28?;27-/m111/s1. The van der Waals surface area contributed by atoms with Crippen molar-refractivity contribution in [2.24, 2.45) is 34.5 Å². The first-order valence-corrected chi connectivity index (χ1v) is 42.3. The van der Waals surface area contributed by atoms with Crippen molar-refractivity contribution >= 4 is 57.8 Å². The van der Waals surface area contributed by atoms with Crippen molar-refractivity contribution in [2.45, 2.75) is 183 Å². The lowest BCUT2D eigenvalue weighted by Crippen LogP contribution is -2.60. The van der Waals surface area contributed by atoms with E-state index in [4.69, 9.17) is 11.6 Å². The van der Waals surface area contributed by atoms with Crippen LogP contribution in [0.2, 0.25) is 5.02 Å². The van der Waals surface area contributed by atoms with E-state index in [0.29, 0.717) is 75.3 Å². The van der Waals surface area contributed by atoms with Crippen LogP contribution in [0.25, 0.3) is 10.8 Å². The van der Waals surface area contributed by atoms with Gasteiger partial charge in [-0.25, -0.2) is 0 Å². The number of benzene rings is 6. The van der Waals surface area contributed by atoms with Crippen molar-refractivity contribution in [1.82, 2.24) is 49.1 Å². The summed E-state index contributed by atoms with van der Waals surface area (Å²) >= 11 is 6.29. The zero-order valence-electron chi connectivity index (χ0n) is 70.0. The maximum absolute atomic E-state index is 13.6. The van der Waals surface area contributed by atoms with Gasteiger partial charge in [0.1, 0.15) is 0 Å². The number of hydrogen-bond acceptors (Lipinski definition) is 10. The summed E-state index contributed by atoms with van der Waals surface area (Å²) < 4.78 is 79.7. The molecular formula is C94H119ClF6N10O6. The molecule has 0 aliphatic carbocycles. The van der Waals surface area contributed by atoms with E-state index >= 15 is 0 Å². The fraction of sp³-hybridized carbons (Fsp3) is 0.521. The average Bonchev–Trinajstić information content (AvgIpc) is 0.796. The summed E-state index contributed by atoms with van der Waals surface area (Å²) in [4.78, 5) is 98.9. The minimum absolute atomic E-state index is 0.0135. The number of aromatic nitrogens is 1. The van der Waals surface area contributed by atoms with Crippen LogP contribution in [-0.2, 0) is 41.1 Å². The molecule has 0 bridgehead atoms. The van der Waals surface area contributed by atoms with Crippen LogP contribution in [0.15, 0.2) is 170 Å². The molecule has 2 unspecified atom stereocenters. The number of fused-ring (bicyclic) bond motifs is 1. The van der Waals surface area contributed by atoms with Gasteiger partial charge < -0.3 is 29.4 Å². The van der Waals surface area contributed by atoms with E-state index in [1.165, 1.54) is 58.1 Å². The molecule has 6 aliphatic rings. The zero-order chi connectivity index (χ0) is 84.3. The number of nitrogens with zero attached hydrogens (tertiary/aromatic N) is 10. The van der Waals surface area contributed by atoms with Crippen molar-refractivity contribution < 1.29 is 55.1 Å². The van der Waals surface area contributed by atoms with Crippen LogP contribution in [0.5, 0.6) is 0 Å². The molecule has 5 atom stereocenters. The van der Waals surface area contributed by atoms with Crippen molar-refractivity contribution in [3.05, 3.63) is 220 Å². The molecule has 6 fully saturated rings. The van der Waals surface area contributed by atoms with Crippen molar-refractivity contribution in [3.63, 3.8) is 0 Å². The molecule has 0 spiro atoms. The first-order valence-electron chi connectivity index (χ1n) is 41.9. The highest BCUT2D eigenvalue weighted by Gasteiger charge is 2.45. The number of carbonyl (C=O) groups is 6. The number of alkyl halides is 6. The summed E-state index contributed by atoms with van der Waals surface area (Å²) in [6.45, 7) is 32.3. The highest BCUT2D eigenvalue weighted by Crippen LogP contribution is 2.42. The van der Waals surface area contributed by atoms with E-state index in [1.54, 1.807) is 18.7 Å². The zero-order valence-corrected chi connectivity index (χ0v) is 70.7. The minimum Gasteiger partial charge on any atom is -0.343 e. The first-order chi connectivity index (χ1) is 55.5. The molecule has 13 rings (SSSR count). The summed E-state index contributed by atoms with van der Waals surface area (Å²) in [7, 11) is 0. The number of hydrogen-bond donors (Lipinski definition) is 0. The van der Waals surface area contributed by atoms with Gasteiger partial charge in [0.15, 0.2) is 0 Å². The van der Waals surface area contributed by atoms with Gasteiger partial charge in [-0.3, -0.25) is 48.5 Å². The topological polar surface area (TPSA) is 144 Å². The third-order valence-electron chi connectivity index (χ3n) is 25.2. The Morgan fingerprint density at radius 3 is 1.18 bits per heavy atom. The molecule has 7 heterocycles. The van der Waals surface area contributed by atoms with Gasteiger partial charge in [0.2, 0.25) is 35.4 Å². The maximum atomic E-state index is 13.6. The average molecular weight is 1630 g/mol. The van der Waals surface area contributed by atoms with E-state index < -0.39 is 29.5 Å². The molecule has 6 amide bonds. The molecule has 23 heteroatoms. The SMILES string of the molecule is CC(=O)N1CCC(CC(=O)N2CCN(C(c3ccc(C(F)(F)F)cc3)c3ccc(C(F)(F)F)cn3)C[C@@H]2C(C)(C)C)CC1.CC(=O)N1CCC(CC(=O)N2CCN(C(c3ccc(Cl)cc3)c3cccc4ccccc34)C[C@@H]2C(C)C)CC1.CC(=O)N1CCC(CC(=O)N2CCN(C(c3ccccc3)c3ccccc3)C[C@@H]2C(C)(C)C)CC1. The Hall–Kier alpha value is -8.70. The van der Waals surface area contributed by atoms with Crippen LogP contribution in [-0.4, -0.2) is 201 Å². The second-order valence-electron chi connectivity index (χ2n) is 35.5. The normalized spacial score (nSPS) is 20.2. The Labute approximate surface area is 693 Å². The number of carbonyl (C=O) groups excluding carboxylic acids is 6. The molecule has 0 saturated carbocycles. The lowest BCUT2D eigenvalue weighted by molar-refractivity contribution is -0.142. The van der Waals surface area contributed by atoms with Gasteiger partial charge in [-0.15, -0.1) is 0 Å². The van der Waals surface area contributed by atoms with E-state index in [0.717, 1.165) is 133 Å².